The number of nitrogens with zero attached hydrogens (tertiary/aromatic N) is 2. The number of carbonyl (C=O) groups is 1. The number of halogens is 1. The molecule has 18 heavy (non-hydrogen) atoms. The molecule has 94 valence electrons. The van der Waals surface area contributed by atoms with Crippen LogP contribution in [-0.2, 0) is 6.54 Å². The molecule has 5 heteroatoms. The summed E-state index contributed by atoms with van der Waals surface area (Å²) in [4.78, 5) is 16.1. The van der Waals surface area contributed by atoms with E-state index in [4.69, 9.17) is 11.6 Å². The lowest BCUT2D eigenvalue weighted by Crippen LogP contribution is -2.16. The highest BCUT2D eigenvalue weighted by Gasteiger charge is 2.10. The van der Waals surface area contributed by atoms with Crippen LogP contribution in [0.15, 0.2) is 30.6 Å². The lowest BCUT2D eigenvalue weighted by Gasteiger charge is -2.08. The lowest BCUT2D eigenvalue weighted by molar-refractivity contribution is 0.101. The van der Waals surface area contributed by atoms with Crippen molar-refractivity contribution in [2.75, 3.05) is 5.32 Å². The second-order valence-corrected chi connectivity index (χ2v) is 4.32. The molecule has 4 nitrogen and oxygen atoms in total. The fraction of sp³-hybridized carbons (Fsp3) is 0.231. The van der Waals surface area contributed by atoms with Gasteiger partial charge in [-0.25, -0.2) is 4.98 Å². The number of carbonyl (C=O) groups excluding carboxylic acids is 1. The predicted molar refractivity (Wildman–Crippen MR) is 72.0 cm³/mol. The zero-order valence-electron chi connectivity index (χ0n) is 10.3. The first-order valence-electron chi connectivity index (χ1n) is 5.70. The van der Waals surface area contributed by atoms with Crippen molar-refractivity contribution in [1.29, 1.82) is 0 Å². The van der Waals surface area contributed by atoms with Gasteiger partial charge in [0.1, 0.15) is 10.8 Å². The molecule has 0 aliphatic heterocycles. The zero-order valence-corrected chi connectivity index (χ0v) is 11.0. The molecule has 0 aliphatic carbocycles. The molecule has 2 aromatic rings. The normalized spacial score (nSPS) is 10.4. The molecule has 0 saturated heterocycles. The van der Waals surface area contributed by atoms with Crippen LogP contribution in [0.25, 0.3) is 0 Å². The highest BCUT2D eigenvalue weighted by atomic mass is 35.5. The third kappa shape index (κ3) is 2.54. The van der Waals surface area contributed by atoms with Gasteiger partial charge in [-0.05, 0) is 37.6 Å². The molecule has 0 atom stereocenters. The van der Waals surface area contributed by atoms with Crippen LogP contribution in [0.3, 0.4) is 0 Å². The topological polar surface area (TPSA) is 46.9 Å². The van der Waals surface area contributed by atoms with Crippen LogP contribution in [0.5, 0.6) is 0 Å². The van der Waals surface area contributed by atoms with Gasteiger partial charge in [0.15, 0.2) is 0 Å². The summed E-state index contributed by atoms with van der Waals surface area (Å²) in [6.07, 6.45) is 3.42. The van der Waals surface area contributed by atoms with Crippen LogP contribution < -0.4 is 5.32 Å². The van der Waals surface area contributed by atoms with Gasteiger partial charge >= 0.3 is 0 Å². The summed E-state index contributed by atoms with van der Waals surface area (Å²) in [5.74, 6) is -0.148. The summed E-state index contributed by atoms with van der Waals surface area (Å²) >= 11 is 5.84. The standard InChI is InChI=1S/C13H14ClN3O/c1-3-17-6-4-5-11(17)13(18)16-10-7-9(2)12(14)15-8-10/h4-8H,3H2,1-2H3,(H,16,18). The molecule has 2 heterocycles. The monoisotopic (exact) mass is 263 g/mol. The van der Waals surface area contributed by atoms with Gasteiger partial charge in [0.2, 0.25) is 0 Å². The van der Waals surface area contributed by atoms with E-state index >= 15 is 0 Å². The first-order chi connectivity index (χ1) is 8.61. The van der Waals surface area contributed by atoms with Crippen molar-refractivity contribution >= 4 is 23.2 Å². The number of anilines is 1. The van der Waals surface area contributed by atoms with E-state index in [0.717, 1.165) is 12.1 Å². The molecule has 0 aromatic carbocycles. The van der Waals surface area contributed by atoms with Gasteiger partial charge in [0, 0.05) is 12.7 Å². The Morgan fingerprint density at radius 2 is 2.33 bits per heavy atom. The first kappa shape index (κ1) is 12.6. The smallest absolute Gasteiger partial charge is 0.272 e. The number of amides is 1. The number of pyridine rings is 1. The minimum absolute atomic E-state index is 0.148. The van der Waals surface area contributed by atoms with E-state index in [2.05, 4.69) is 10.3 Å². The predicted octanol–water partition coefficient (Wildman–Crippen LogP) is 3.12. The molecule has 0 spiro atoms. The van der Waals surface area contributed by atoms with E-state index in [1.165, 1.54) is 0 Å². The minimum Gasteiger partial charge on any atom is -0.344 e. The van der Waals surface area contributed by atoms with E-state index in [-0.39, 0.29) is 5.91 Å². The van der Waals surface area contributed by atoms with Gasteiger partial charge < -0.3 is 9.88 Å². The molecule has 0 unspecified atom stereocenters. The number of hydrogen-bond donors (Lipinski definition) is 1. The number of aryl methyl sites for hydroxylation is 2. The quantitative estimate of drug-likeness (QED) is 0.865. The van der Waals surface area contributed by atoms with Crippen LogP contribution in [0.4, 0.5) is 5.69 Å². The van der Waals surface area contributed by atoms with Gasteiger partial charge in [0.25, 0.3) is 5.91 Å². The Morgan fingerprint density at radius 3 is 3.00 bits per heavy atom. The van der Waals surface area contributed by atoms with Crippen molar-refractivity contribution in [3.8, 4) is 0 Å². The Bertz CT molecular complexity index is 577. The maximum atomic E-state index is 12.1. The van der Waals surface area contributed by atoms with Crippen molar-refractivity contribution in [2.45, 2.75) is 20.4 Å². The van der Waals surface area contributed by atoms with E-state index in [9.17, 15) is 4.79 Å². The zero-order chi connectivity index (χ0) is 13.1. The minimum atomic E-state index is -0.148. The van der Waals surface area contributed by atoms with Crippen molar-refractivity contribution in [2.24, 2.45) is 0 Å². The molecule has 0 saturated carbocycles. The number of rotatable bonds is 3. The lowest BCUT2D eigenvalue weighted by atomic mass is 10.3. The van der Waals surface area contributed by atoms with E-state index in [0.29, 0.717) is 16.5 Å². The van der Waals surface area contributed by atoms with E-state index < -0.39 is 0 Å². The Morgan fingerprint density at radius 1 is 1.56 bits per heavy atom. The van der Waals surface area contributed by atoms with Crippen molar-refractivity contribution in [1.82, 2.24) is 9.55 Å². The maximum Gasteiger partial charge on any atom is 0.272 e. The SMILES string of the molecule is CCn1cccc1C(=O)Nc1cnc(Cl)c(C)c1. The Balaban J connectivity index is 2.19. The van der Waals surface area contributed by atoms with Crippen LogP contribution >= 0.6 is 11.6 Å². The summed E-state index contributed by atoms with van der Waals surface area (Å²) < 4.78 is 1.88. The summed E-state index contributed by atoms with van der Waals surface area (Å²) in [6, 6.07) is 5.44. The average Bonchev–Trinajstić information content (AvgIpc) is 2.82. The van der Waals surface area contributed by atoms with Crippen LogP contribution in [0.1, 0.15) is 23.0 Å². The van der Waals surface area contributed by atoms with Gasteiger partial charge in [-0.2, -0.15) is 0 Å². The fourth-order valence-corrected chi connectivity index (χ4v) is 1.82. The number of hydrogen-bond acceptors (Lipinski definition) is 2. The largest absolute Gasteiger partial charge is 0.344 e. The molecule has 1 N–H and O–H groups in total. The van der Waals surface area contributed by atoms with E-state index in [1.807, 2.05) is 30.7 Å². The second-order valence-electron chi connectivity index (χ2n) is 3.97. The first-order valence-corrected chi connectivity index (χ1v) is 6.08. The van der Waals surface area contributed by atoms with Crippen LogP contribution in [0.2, 0.25) is 5.15 Å². The molecular weight excluding hydrogens is 250 g/mol. The summed E-state index contributed by atoms with van der Waals surface area (Å²) in [5.41, 5.74) is 2.11. The molecule has 2 rings (SSSR count). The number of aromatic nitrogens is 2. The molecule has 2 aromatic heterocycles. The van der Waals surface area contributed by atoms with Crippen molar-refractivity contribution < 1.29 is 4.79 Å². The highest BCUT2D eigenvalue weighted by Crippen LogP contribution is 2.17. The van der Waals surface area contributed by atoms with Crippen molar-refractivity contribution in [3.63, 3.8) is 0 Å². The summed E-state index contributed by atoms with van der Waals surface area (Å²) in [5, 5.41) is 3.26. The number of nitrogens with one attached hydrogen (secondary N) is 1. The second kappa shape index (κ2) is 5.23. The van der Waals surface area contributed by atoms with Crippen LogP contribution in [-0.4, -0.2) is 15.5 Å². The van der Waals surface area contributed by atoms with E-state index in [1.54, 1.807) is 18.3 Å². The summed E-state index contributed by atoms with van der Waals surface area (Å²) in [6.45, 7) is 4.60. The Labute approximate surface area is 111 Å². The summed E-state index contributed by atoms with van der Waals surface area (Å²) in [7, 11) is 0. The molecule has 0 aliphatic rings. The fourth-order valence-electron chi connectivity index (χ4n) is 1.72. The average molecular weight is 264 g/mol. The van der Waals surface area contributed by atoms with Gasteiger partial charge in [-0.3, -0.25) is 4.79 Å². The van der Waals surface area contributed by atoms with Crippen molar-refractivity contribution in [3.05, 3.63) is 47.0 Å². The van der Waals surface area contributed by atoms with Gasteiger partial charge in [-0.15, -0.1) is 0 Å². The van der Waals surface area contributed by atoms with Gasteiger partial charge in [-0.1, -0.05) is 11.6 Å². The van der Waals surface area contributed by atoms with Crippen LogP contribution in [0, 0.1) is 6.92 Å². The molecular formula is C13H14ClN3O. The third-order valence-electron chi connectivity index (χ3n) is 2.68. The Kier molecular flexibility index (Phi) is 3.67. The Hall–Kier alpha value is -1.81. The highest BCUT2D eigenvalue weighted by molar-refractivity contribution is 6.30. The van der Waals surface area contributed by atoms with Gasteiger partial charge in [0.05, 0.1) is 11.9 Å². The third-order valence-corrected chi connectivity index (χ3v) is 3.07. The molecule has 0 bridgehead atoms. The molecule has 0 fully saturated rings. The molecule has 0 radical (unpaired) electrons. The maximum absolute atomic E-state index is 12.1. The molecule has 1 amide bonds.